The van der Waals surface area contributed by atoms with Crippen LogP contribution in [0.3, 0.4) is 0 Å². The maximum absolute atomic E-state index is 11.7. The predicted octanol–water partition coefficient (Wildman–Crippen LogP) is 2.94. The van der Waals surface area contributed by atoms with Gasteiger partial charge in [0.05, 0.1) is 19.3 Å². The number of piperazine rings is 1. The number of carbonyl (C=O) groups excluding carboxylic acids is 1. The molecule has 2 heterocycles. The summed E-state index contributed by atoms with van der Waals surface area (Å²) in [4.78, 5) is 16.6. The topological polar surface area (TPSA) is 57.9 Å². The molecule has 0 radical (unpaired) electrons. The van der Waals surface area contributed by atoms with Crippen molar-refractivity contribution in [2.45, 2.75) is 19.9 Å². The van der Waals surface area contributed by atoms with Crippen LogP contribution in [0.15, 0.2) is 48.5 Å². The first kappa shape index (κ1) is 22.5. The minimum absolute atomic E-state index is 0.239. The van der Waals surface area contributed by atoms with E-state index in [0.717, 1.165) is 52.2 Å². The molecule has 3 aromatic rings. The first-order valence-electron chi connectivity index (χ1n) is 11.4. The van der Waals surface area contributed by atoms with Crippen LogP contribution in [-0.2, 0) is 17.7 Å². The molecule has 0 atom stereocenters. The third-order valence-electron chi connectivity index (χ3n) is 6.64. The van der Waals surface area contributed by atoms with Crippen LogP contribution in [0.25, 0.3) is 10.9 Å². The molecule has 1 fully saturated rings. The fraction of sp³-hybridized carbons (Fsp3) is 0.423. The highest BCUT2D eigenvalue weighted by atomic mass is 16.5. The van der Waals surface area contributed by atoms with Crippen molar-refractivity contribution >= 4 is 16.9 Å². The van der Waals surface area contributed by atoms with E-state index in [0.29, 0.717) is 5.56 Å². The average Bonchev–Trinajstić information content (AvgIpc) is 3.09. The average molecular weight is 436 g/mol. The number of aliphatic hydroxyl groups excluding tert-OH is 1. The van der Waals surface area contributed by atoms with Gasteiger partial charge < -0.3 is 14.4 Å². The zero-order valence-corrected chi connectivity index (χ0v) is 19.1. The normalized spacial score (nSPS) is 15.3. The summed E-state index contributed by atoms with van der Waals surface area (Å²) in [5, 5.41) is 10.4. The van der Waals surface area contributed by atoms with Crippen molar-refractivity contribution in [3.63, 3.8) is 0 Å². The van der Waals surface area contributed by atoms with E-state index in [1.165, 1.54) is 34.8 Å². The molecular formula is C26H33N3O3. The van der Waals surface area contributed by atoms with Crippen molar-refractivity contribution in [3.8, 4) is 0 Å². The van der Waals surface area contributed by atoms with Crippen LogP contribution in [0, 0.1) is 6.92 Å². The monoisotopic (exact) mass is 435 g/mol. The lowest BCUT2D eigenvalue weighted by molar-refractivity contribution is 0.0600. The molecule has 170 valence electrons. The van der Waals surface area contributed by atoms with Gasteiger partial charge in [0.2, 0.25) is 0 Å². The minimum Gasteiger partial charge on any atom is -0.465 e. The molecule has 1 aliphatic rings. The van der Waals surface area contributed by atoms with Gasteiger partial charge in [-0.25, -0.2) is 4.79 Å². The van der Waals surface area contributed by atoms with Gasteiger partial charge in [-0.05, 0) is 42.7 Å². The molecule has 6 nitrogen and oxygen atoms in total. The number of rotatable bonds is 8. The number of para-hydroxylation sites is 1. The largest absolute Gasteiger partial charge is 0.465 e. The van der Waals surface area contributed by atoms with E-state index in [1.807, 2.05) is 24.3 Å². The Balaban J connectivity index is 1.50. The van der Waals surface area contributed by atoms with Gasteiger partial charge >= 0.3 is 5.97 Å². The molecule has 0 unspecified atom stereocenters. The van der Waals surface area contributed by atoms with E-state index in [9.17, 15) is 4.79 Å². The van der Waals surface area contributed by atoms with Gasteiger partial charge in [-0.3, -0.25) is 9.80 Å². The van der Waals surface area contributed by atoms with Crippen LogP contribution < -0.4 is 0 Å². The fourth-order valence-electron chi connectivity index (χ4n) is 4.71. The smallest absolute Gasteiger partial charge is 0.337 e. The summed E-state index contributed by atoms with van der Waals surface area (Å²) in [6.07, 6.45) is 0.834. The molecule has 0 aliphatic carbocycles. The fourth-order valence-corrected chi connectivity index (χ4v) is 4.71. The van der Waals surface area contributed by atoms with E-state index < -0.39 is 0 Å². The van der Waals surface area contributed by atoms with Crippen molar-refractivity contribution in [1.29, 1.82) is 0 Å². The summed E-state index contributed by atoms with van der Waals surface area (Å²) in [6.45, 7) is 9.39. The Morgan fingerprint density at radius 3 is 2.25 bits per heavy atom. The second kappa shape index (κ2) is 10.3. The van der Waals surface area contributed by atoms with E-state index in [-0.39, 0.29) is 12.6 Å². The molecule has 0 bridgehead atoms. The number of carbonyl (C=O) groups is 1. The summed E-state index contributed by atoms with van der Waals surface area (Å²) < 4.78 is 7.26. The lowest BCUT2D eigenvalue weighted by atomic mass is 10.0. The quantitative estimate of drug-likeness (QED) is 0.552. The van der Waals surface area contributed by atoms with Crippen LogP contribution in [0.1, 0.15) is 27.2 Å². The number of esters is 1. The Bertz CT molecular complexity index is 1050. The minimum atomic E-state index is -0.304. The van der Waals surface area contributed by atoms with Crippen LogP contribution in [-0.4, -0.2) is 78.4 Å². The zero-order valence-electron chi connectivity index (χ0n) is 19.1. The molecule has 4 rings (SSSR count). The highest BCUT2D eigenvalue weighted by Crippen LogP contribution is 2.28. The zero-order chi connectivity index (χ0) is 22.5. The van der Waals surface area contributed by atoms with Gasteiger partial charge in [0, 0.05) is 62.4 Å². The highest BCUT2D eigenvalue weighted by molar-refractivity contribution is 5.89. The number of β-amino-alcohol motifs (C(OH)–C–C–N with tert-alkyl or cyclic N) is 1. The van der Waals surface area contributed by atoms with Gasteiger partial charge in [-0.2, -0.15) is 0 Å². The maximum atomic E-state index is 11.7. The number of benzene rings is 2. The number of ether oxygens (including phenoxy) is 1. The molecule has 0 saturated carbocycles. The summed E-state index contributed by atoms with van der Waals surface area (Å²) in [7, 11) is 1.41. The summed E-state index contributed by atoms with van der Waals surface area (Å²) in [5.41, 5.74) is 5.70. The first-order chi connectivity index (χ1) is 15.6. The van der Waals surface area contributed by atoms with Crippen molar-refractivity contribution in [1.82, 2.24) is 14.4 Å². The molecule has 2 aromatic carbocycles. The van der Waals surface area contributed by atoms with Gasteiger partial charge in [-0.15, -0.1) is 0 Å². The number of aromatic nitrogens is 1. The third-order valence-corrected chi connectivity index (χ3v) is 6.64. The molecule has 1 aromatic heterocycles. The lowest BCUT2D eigenvalue weighted by Gasteiger charge is -2.34. The molecular weight excluding hydrogens is 402 g/mol. The SMILES string of the molecule is COC(=O)c1ccc(Cc2c(C)n(CCN3CCN(CCO)CC3)c3ccccc23)cc1. The van der Waals surface area contributed by atoms with Gasteiger partial charge in [0.15, 0.2) is 0 Å². The van der Waals surface area contributed by atoms with Crippen molar-refractivity contribution < 1.29 is 14.6 Å². The van der Waals surface area contributed by atoms with E-state index in [1.54, 1.807) is 0 Å². The van der Waals surface area contributed by atoms with E-state index >= 15 is 0 Å². The second-order valence-electron chi connectivity index (χ2n) is 8.50. The van der Waals surface area contributed by atoms with Gasteiger partial charge in [-0.1, -0.05) is 30.3 Å². The Labute approximate surface area is 190 Å². The molecule has 32 heavy (non-hydrogen) atoms. The van der Waals surface area contributed by atoms with E-state index in [4.69, 9.17) is 9.84 Å². The summed E-state index contributed by atoms with van der Waals surface area (Å²) in [5.74, 6) is -0.304. The standard InChI is InChI=1S/C26H33N3O3/c1-20-24(19-21-7-9-22(10-8-21)26(31)32-2)23-5-3-4-6-25(23)29(20)16-15-27-11-13-28(14-12-27)17-18-30/h3-10,30H,11-19H2,1-2H3. The number of methoxy groups -OCH3 is 1. The molecule has 0 amide bonds. The van der Waals surface area contributed by atoms with Crippen LogP contribution in [0.5, 0.6) is 0 Å². The third kappa shape index (κ3) is 4.88. The number of fused-ring (bicyclic) bond motifs is 1. The Morgan fingerprint density at radius 2 is 1.59 bits per heavy atom. The van der Waals surface area contributed by atoms with Crippen LogP contribution >= 0.6 is 0 Å². The Kier molecular flexibility index (Phi) is 7.25. The van der Waals surface area contributed by atoms with Crippen LogP contribution in [0.2, 0.25) is 0 Å². The highest BCUT2D eigenvalue weighted by Gasteiger charge is 2.18. The number of hydrogen-bond donors (Lipinski definition) is 1. The lowest BCUT2D eigenvalue weighted by Crippen LogP contribution is -2.47. The maximum Gasteiger partial charge on any atom is 0.337 e. The van der Waals surface area contributed by atoms with Crippen molar-refractivity contribution in [2.24, 2.45) is 0 Å². The van der Waals surface area contributed by atoms with Gasteiger partial charge in [0.25, 0.3) is 0 Å². The molecule has 1 saturated heterocycles. The predicted molar refractivity (Wildman–Crippen MR) is 127 cm³/mol. The first-order valence-corrected chi connectivity index (χ1v) is 11.4. The summed E-state index contributed by atoms with van der Waals surface area (Å²) >= 11 is 0. The molecule has 0 spiro atoms. The second-order valence-corrected chi connectivity index (χ2v) is 8.50. The Hall–Kier alpha value is -2.67. The Morgan fingerprint density at radius 1 is 0.938 bits per heavy atom. The molecule has 6 heteroatoms. The number of nitrogens with zero attached hydrogens (tertiary/aromatic N) is 3. The number of hydrogen-bond acceptors (Lipinski definition) is 5. The van der Waals surface area contributed by atoms with E-state index in [2.05, 4.69) is 45.6 Å². The number of aliphatic hydroxyl groups is 1. The van der Waals surface area contributed by atoms with Crippen molar-refractivity contribution in [2.75, 3.05) is 53.0 Å². The van der Waals surface area contributed by atoms with Crippen molar-refractivity contribution in [3.05, 3.63) is 70.9 Å². The molecule has 1 N–H and O–H groups in total. The van der Waals surface area contributed by atoms with Crippen LogP contribution in [0.4, 0.5) is 0 Å². The summed E-state index contributed by atoms with van der Waals surface area (Å²) in [6, 6.07) is 16.4. The van der Waals surface area contributed by atoms with Gasteiger partial charge in [0.1, 0.15) is 0 Å². The molecule has 1 aliphatic heterocycles.